The van der Waals surface area contributed by atoms with Gasteiger partial charge in [-0.25, -0.2) is 0 Å². The Labute approximate surface area is 105 Å². The van der Waals surface area contributed by atoms with Crippen molar-refractivity contribution in [3.8, 4) is 0 Å². The second kappa shape index (κ2) is 6.27. The van der Waals surface area contributed by atoms with Gasteiger partial charge in [-0.15, -0.1) is 0 Å². The average Bonchev–Trinajstić information content (AvgIpc) is 2.22. The van der Waals surface area contributed by atoms with Crippen LogP contribution in [-0.2, 0) is 0 Å². The lowest BCUT2D eigenvalue weighted by Crippen LogP contribution is -2.46. The van der Waals surface area contributed by atoms with Gasteiger partial charge in [0.15, 0.2) is 0 Å². The van der Waals surface area contributed by atoms with E-state index < -0.39 is 0 Å². The molecule has 1 N–H and O–H groups in total. The van der Waals surface area contributed by atoms with Gasteiger partial charge in [0.1, 0.15) is 0 Å². The summed E-state index contributed by atoms with van der Waals surface area (Å²) in [6, 6.07) is 0.826. The monoisotopic (exact) mass is 242 g/mol. The molecule has 0 spiro atoms. The van der Waals surface area contributed by atoms with Crippen molar-refractivity contribution in [3.05, 3.63) is 0 Å². The standard InChI is InChI=1S/C13H26N2S/c1-11(2)12-9-13(10-12)14-3-4-15-5-7-16-8-6-15/h11-14H,3-10H2,1-2H3. The normalized spacial score (nSPS) is 31.7. The minimum absolute atomic E-state index is 0.826. The van der Waals surface area contributed by atoms with E-state index in [9.17, 15) is 0 Å². The van der Waals surface area contributed by atoms with Gasteiger partial charge in [-0.05, 0) is 24.7 Å². The lowest BCUT2D eigenvalue weighted by atomic mass is 9.74. The van der Waals surface area contributed by atoms with Gasteiger partial charge in [0, 0.05) is 43.7 Å². The van der Waals surface area contributed by atoms with E-state index in [2.05, 4.69) is 35.8 Å². The molecule has 0 aromatic rings. The first-order chi connectivity index (χ1) is 7.75. The second-order valence-corrected chi connectivity index (χ2v) is 6.81. The van der Waals surface area contributed by atoms with Crippen LogP contribution in [0.4, 0.5) is 0 Å². The van der Waals surface area contributed by atoms with Crippen LogP contribution in [-0.4, -0.2) is 48.6 Å². The topological polar surface area (TPSA) is 15.3 Å². The number of nitrogens with one attached hydrogen (secondary N) is 1. The summed E-state index contributed by atoms with van der Waals surface area (Å²) in [5.41, 5.74) is 0. The van der Waals surface area contributed by atoms with Gasteiger partial charge in [0.25, 0.3) is 0 Å². The van der Waals surface area contributed by atoms with E-state index in [0.717, 1.165) is 17.9 Å². The van der Waals surface area contributed by atoms with E-state index in [-0.39, 0.29) is 0 Å². The van der Waals surface area contributed by atoms with Gasteiger partial charge in [0.05, 0.1) is 0 Å². The van der Waals surface area contributed by atoms with Crippen molar-refractivity contribution in [3.63, 3.8) is 0 Å². The first kappa shape index (κ1) is 12.7. The molecule has 2 rings (SSSR count). The predicted octanol–water partition coefficient (Wildman–Crippen LogP) is 2.06. The van der Waals surface area contributed by atoms with E-state index in [0.29, 0.717) is 0 Å². The Morgan fingerprint density at radius 2 is 1.94 bits per heavy atom. The molecule has 1 aliphatic heterocycles. The van der Waals surface area contributed by atoms with E-state index in [4.69, 9.17) is 0 Å². The maximum absolute atomic E-state index is 3.70. The largest absolute Gasteiger partial charge is 0.313 e. The van der Waals surface area contributed by atoms with Crippen LogP contribution in [0.15, 0.2) is 0 Å². The van der Waals surface area contributed by atoms with Gasteiger partial charge >= 0.3 is 0 Å². The average molecular weight is 242 g/mol. The van der Waals surface area contributed by atoms with E-state index >= 15 is 0 Å². The summed E-state index contributed by atoms with van der Waals surface area (Å²) in [5, 5.41) is 3.70. The highest BCUT2D eigenvalue weighted by molar-refractivity contribution is 7.99. The zero-order valence-corrected chi connectivity index (χ0v) is 11.6. The third kappa shape index (κ3) is 3.64. The zero-order valence-electron chi connectivity index (χ0n) is 10.7. The minimum Gasteiger partial charge on any atom is -0.313 e. The first-order valence-electron chi connectivity index (χ1n) is 6.79. The van der Waals surface area contributed by atoms with Crippen LogP contribution in [0, 0.1) is 11.8 Å². The van der Waals surface area contributed by atoms with Gasteiger partial charge in [-0.3, -0.25) is 0 Å². The lowest BCUT2D eigenvalue weighted by Gasteiger charge is -2.39. The SMILES string of the molecule is CC(C)C1CC(NCCN2CCSCC2)C1. The molecule has 3 heteroatoms. The fourth-order valence-corrected chi connectivity index (χ4v) is 3.60. The van der Waals surface area contributed by atoms with Crippen molar-refractivity contribution >= 4 is 11.8 Å². The van der Waals surface area contributed by atoms with Crippen molar-refractivity contribution in [1.29, 1.82) is 0 Å². The minimum atomic E-state index is 0.826. The molecule has 0 aromatic carbocycles. The molecule has 0 unspecified atom stereocenters. The highest BCUT2D eigenvalue weighted by atomic mass is 32.2. The molecular formula is C13H26N2S. The first-order valence-corrected chi connectivity index (χ1v) is 7.94. The number of rotatable bonds is 5. The predicted molar refractivity (Wildman–Crippen MR) is 73.1 cm³/mol. The van der Waals surface area contributed by atoms with Crippen LogP contribution in [0.5, 0.6) is 0 Å². The molecule has 2 aliphatic rings. The maximum Gasteiger partial charge on any atom is 0.0108 e. The summed E-state index contributed by atoms with van der Waals surface area (Å²) in [4.78, 5) is 2.60. The number of nitrogens with zero attached hydrogens (tertiary/aromatic N) is 1. The molecule has 94 valence electrons. The molecule has 1 aliphatic carbocycles. The summed E-state index contributed by atoms with van der Waals surface area (Å²) in [6.07, 6.45) is 2.82. The molecular weight excluding hydrogens is 216 g/mol. The van der Waals surface area contributed by atoms with Gasteiger partial charge in [0.2, 0.25) is 0 Å². The lowest BCUT2D eigenvalue weighted by molar-refractivity contribution is 0.163. The van der Waals surface area contributed by atoms with Crippen LogP contribution >= 0.6 is 11.8 Å². The molecule has 2 nitrogen and oxygen atoms in total. The molecule has 16 heavy (non-hydrogen) atoms. The van der Waals surface area contributed by atoms with Crippen molar-refractivity contribution in [1.82, 2.24) is 10.2 Å². The van der Waals surface area contributed by atoms with Crippen LogP contribution in [0.25, 0.3) is 0 Å². The Balaban J connectivity index is 1.49. The Kier molecular flexibility index (Phi) is 4.98. The number of thioether (sulfide) groups is 1. The third-order valence-electron chi connectivity index (χ3n) is 4.08. The highest BCUT2D eigenvalue weighted by Gasteiger charge is 2.30. The van der Waals surface area contributed by atoms with E-state index in [1.165, 1.54) is 50.5 Å². The molecule has 0 bridgehead atoms. The summed E-state index contributed by atoms with van der Waals surface area (Å²) in [6.45, 7) is 9.75. The molecule has 0 radical (unpaired) electrons. The highest BCUT2D eigenvalue weighted by Crippen LogP contribution is 2.33. The Hall–Kier alpha value is 0.270. The molecule has 1 saturated heterocycles. The maximum atomic E-state index is 3.70. The van der Waals surface area contributed by atoms with Crippen molar-refractivity contribution in [2.24, 2.45) is 11.8 Å². The molecule has 0 aromatic heterocycles. The van der Waals surface area contributed by atoms with Crippen molar-refractivity contribution in [2.75, 3.05) is 37.7 Å². The molecule has 0 atom stereocenters. The summed E-state index contributed by atoms with van der Waals surface area (Å²) < 4.78 is 0. The van der Waals surface area contributed by atoms with Gasteiger partial charge in [-0.2, -0.15) is 11.8 Å². The molecule has 1 heterocycles. The van der Waals surface area contributed by atoms with E-state index in [1.807, 2.05) is 0 Å². The molecule has 2 fully saturated rings. The number of hydrogen-bond acceptors (Lipinski definition) is 3. The fourth-order valence-electron chi connectivity index (χ4n) is 2.62. The van der Waals surface area contributed by atoms with Crippen LogP contribution < -0.4 is 5.32 Å². The fraction of sp³-hybridized carbons (Fsp3) is 1.00. The van der Waals surface area contributed by atoms with Crippen molar-refractivity contribution < 1.29 is 0 Å². The van der Waals surface area contributed by atoms with Crippen LogP contribution in [0.1, 0.15) is 26.7 Å². The Morgan fingerprint density at radius 1 is 1.25 bits per heavy atom. The van der Waals surface area contributed by atoms with Crippen LogP contribution in [0.3, 0.4) is 0 Å². The van der Waals surface area contributed by atoms with Crippen LogP contribution in [0.2, 0.25) is 0 Å². The van der Waals surface area contributed by atoms with Gasteiger partial charge in [-0.1, -0.05) is 13.8 Å². The summed E-state index contributed by atoms with van der Waals surface area (Å²) >= 11 is 2.10. The second-order valence-electron chi connectivity index (χ2n) is 5.58. The summed E-state index contributed by atoms with van der Waals surface area (Å²) in [7, 11) is 0. The van der Waals surface area contributed by atoms with E-state index in [1.54, 1.807) is 0 Å². The Bertz CT molecular complexity index is 196. The smallest absolute Gasteiger partial charge is 0.0108 e. The van der Waals surface area contributed by atoms with Gasteiger partial charge < -0.3 is 10.2 Å². The third-order valence-corrected chi connectivity index (χ3v) is 5.02. The Morgan fingerprint density at radius 3 is 2.56 bits per heavy atom. The molecule has 0 amide bonds. The quantitative estimate of drug-likeness (QED) is 0.794. The number of hydrogen-bond donors (Lipinski definition) is 1. The molecule has 1 saturated carbocycles. The summed E-state index contributed by atoms with van der Waals surface area (Å²) in [5.74, 6) is 4.54. The van der Waals surface area contributed by atoms with Crippen molar-refractivity contribution in [2.45, 2.75) is 32.7 Å². The zero-order chi connectivity index (χ0) is 11.4.